The van der Waals surface area contributed by atoms with Crippen LogP contribution in [0.25, 0.3) is 0 Å². The van der Waals surface area contributed by atoms with Crippen LogP contribution in [0.1, 0.15) is 13.8 Å². The zero-order valence-corrected chi connectivity index (χ0v) is 13.3. The predicted octanol–water partition coefficient (Wildman–Crippen LogP) is 1.36. The molecule has 2 aliphatic heterocycles. The summed E-state index contributed by atoms with van der Waals surface area (Å²) in [6.07, 6.45) is 0. The number of amides is 2. The molecule has 8 heteroatoms. The van der Waals surface area contributed by atoms with Crippen molar-refractivity contribution in [2.45, 2.75) is 19.1 Å². The molecule has 0 aliphatic carbocycles. The Morgan fingerprint density at radius 2 is 2.05 bits per heavy atom. The molecule has 0 aromatic heterocycles. The Hall–Kier alpha value is -1.28. The Morgan fingerprint density at radius 3 is 2.60 bits per heavy atom. The minimum Gasteiger partial charge on any atom is -0.292 e. The average Bonchev–Trinajstić information content (AvgIpc) is 2.83. The van der Waals surface area contributed by atoms with Crippen LogP contribution in [-0.2, 0) is 9.59 Å². The van der Waals surface area contributed by atoms with E-state index < -0.39 is 0 Å². The Morgan fingerprint density at radius 1 is 1.40 bits per heavy atom. The first kappa shape index (κ1) is 15.1. The molecule has 0 N–H and O–H groups in total. The van der Waals surface area contributed by atoms with E-state index >= 15 is 0 Å². The standard InChI is InChI=1S/C12H16N4O2S2/c1-7(2)5-16-10(18)8(3)20-12(16)14-13-11-15(4)9(17)6-19-11/h8H,1,5-6H2,2-4H3/b13-11-,14-12-/t8-/m0/s1. The highest BCUT2D eigenvalue weighted by atomic mass is 32.2. The lowest BCUT2D eigenvalue weighted by molar-refractivity contribution is -0.125. The van der Waals surface area contributed by atoms with E-state index in [1.807, 2.05) is 13.8 Å². The van der Waals surface area contributed by atoms with Gasteiger partial charge in [-0.25, -0.2) is 0 Å². The lowest BCUT2D eigenvalue weighted by Gasteiger charge is -2.15. The molecule has 0 bridgehead atoms. The molecule has 0 unspecified atom stereocenters. The first-order chi connectivity index (χ1) is 9.40. The molecule has 0 spiro atoms. The van der Waals surface area contributed by atoms with Crippen molar-refractivity contribution in [3.8, 4) is 0 Å². The molecule has 0 aromatic carbocycles. The van der Waals surface area contributed by atoms with Crippen LogP contribution in [0, 0.1) is 0 Å². The van der Waals surface area contributed by atoms with Crippen LogP contribution in [-0.4, -0.2) is 56.5 Å². The quantitative estimate of drug-likeness (QED) is 0.583. The van der Waals surface area contributed by atoms with E-state index in [2.05, 4.69) is 16.8 Å². The van der Waals surface area contributed by atoms with E-state index in [0.29, 0.717) is 22.6 Å². The second-order valence-electron chi connectivity index (χ2n) is 4.65. The number of nitrogens with zero attached hydrogens (tertiary/aromatic N) is 4. The van der Waals surface area contributed by atoms with Crippen molar-refractivity contribution in [1.29, 1.82) is 0 Å². The van der Waals surface area contributed by atoms with Gasteiger partial charge < -0.3 is 0 Å². The van der Waals surface area contributed by atoms with Crippen molar-refractivity contribution < 1.29 is 9.59 Å². The van der Waals surface area contributed by atoms with Gasteiger partial charge in [-0.1, -0.05) is 35.7 Å². The maximum absolute atomic E-state index is 12.0. The number of hydrogen-bond acceptors (Lipinski definition) is 6. The first-order valence-electron chi connectivity index (χ1n) is 6.07. The largest absolute Gasteiger partial charge is 0.292 e. The van der Waals surface area contributed by atoms with Crippen LogP contribution >= 0.6 is 23.5 Å². The van der Waals surface area contributed by atoms with Crippen LogP contribution in [0.5, 0.6) is 0 Å². The molecule has 2 saturated heterocycles. The maximum Gasteiger partial charge on any atom is 0.242 e. The Kier molecular flexibility index (Phi) is 4.54. The van der Waals surface area contributed by atoms with E-state index in [4.69, 9.17) is 0 Å². The number of hydrogen-bond donors (Lipinski definition) is 0. The van der Waals surface area contributed by atoms with E-state index in [0.717, 1.165) is 5.57 Å². The van der Waals surface area contributed by atoms with E-state index in [9.17, 15) is 9.59 Å². The number of carbonyl (C=O) groups is 2. The fraction of sp³-hybridized carbons (Fsp3) is 0.500. The highest BCUT2D eigenvalue weighted by Gasteiger charge is 2.35. The smallest absolute Gasteiger partial charge is 0.242 e. The van der Waals surface area contributed by atoms with Crippen molar-refractivity contribution in [2.75, 3.05) is 19.3 Å². The minimum atomic E-state index is -0.163. The third-order valence-electron chi connectivity index (χ3n) is 2.76. The van der Waals surface area contributed by atoms with Crippen molar-refractivity contribution in [3.05, 3.63) is 12.2 Å². The highest BCUT2D eigenvalue weighted by molar-refractivity contribution is 8.15. The van der Waals surface area contributed by atoms with Crippen molar-refractivity contribution in [2.24, 2.45) is 10.2 Å². The second kappa shape index (κ2) is 6.01. The fourth-order valence-corrected chi connectivity index (χ4v) is 3.44. The Labute approximate surface area is 126 Å². The summed E-state index contributed by atoms with van der Waals surface area (Å²) in [5.41, 5.74) is 0.885. The molecular formula is C12H16N4O2S2. The van der Waals surface area contributed by atoms with E-state index in [1.54, 1.807) is 11.9 Å². The summed E-state index contributed by atoms with van der Waals surface area (Å²) in [7, 11) is 1.67. The van der Waals surface area contributed by atoms with Gasteiger partial charge in [0.05, 0.1) is 11.0 Å². The van der Waals surface area contributed by atoms with Gasteiger partial charge in [0, 0.05) is 13.6 Å². The van der Waals surface area contributed by atoms with Gasteiger partial charge in [0.1, 0.15) is 0 Å². The summed E-state index contributed by atoms with van der Waals surface area (Å²) in [5, 5.41) is 9.19. The van der Waals surface area contributed by atoms with Gasteiger partial charge in [0.25, 0.3) is 0 Å². The third-order valence-corrected chi connectivity index (χ3v) is 4.83. The zero-order valence-electron chi connectivity index (χ0n) is 11.6. The topological polar surface area (TPSA) is 65.3 Å². The minimum absolute atomic E-state index is 0.0104. The van der Waals surface area contributed by atoms with Crippen LogP contribution in [0.15, 0.2) is 22.4 Å². The molecular weight excluding hydrogens is 296 g/mol. The van der Waals surface area contributed by atoms with Crippen LogP contribution in [0.4, 0.5) is 0 Å². The first-order valence-corrected chi connectivity index (χ1v) is 7.94. The molecule has 0 radical (unpaired) electrons. The zero-order chi connectivity index (χ0) is 14.9. The monoisotopic (exact) mass is 312 g/mol. The summed E-state index contributed by atoms with van der Waals surface area (Å²) in [6.45, 7) is 7.97. The fourth-order valence-electron chi connectivity index (χ4n) is 1.69. The number of carbonyl (C=O) groups excluding carboxylic acids is 2. The molecule has 108 valence electrons. The molecule has 2 heterocycles. The van der Waals surface area contributed by atoms with Gasteiger partial charge in [-0.05, 0) is 13.8 Å². The molecule has 1 atom stereocenters. The summed E-state index contributed by atoms with van der Waals surface area (Å²) in [5.74, 6) is 0.412. The third kappa shape index (κ3) is 3.06. The number of rotatable bonds is 3. The molecule has 2 amide bonds. The summed E-state index contributed by atoms with van der Waals surface area (Å²) < 4.78 is 0. The van der Waals surface area contributed by atoms with Gasteiger partial charge in [-0.15, -0.1) is 10.2 Å². The van der Waals surface area contributed by atoms with Crippen LogP contribution < -0.4 is 0 Å². The van der Waals surface area contributed by atoms with Gasteiger partial charge in [0.15, 0.2) is 10.3 Å². The lowest BCUT2D eigenvalue weighted by Crippen LogP contribution is -2.32. The normalized spacial score (nSPS) is 27.2. The van der Waals surface area contributed by atoms with Crippen molar-refractivity contribution in [3.63, 3.8) is 0 Å². The van der Waals surface area contributed by atoms with Crippen LogP contribution in [0.2, 0.25) is 0 Å². The summed E-state index contributed by atoms with van der Waals surface area (Å²) in [4.78, 5) is 26.5. The molecule has 20 heavy (non-hydrogen) atoms. The van der Waals surface area contributed by atoms with Gasteiger partial charge in [-0.2, -0.15) is 0 Å². The SMILES string of the molecule is C=C(C)CN1C(=O)[C@H](C)S/C1=N\N=C1/SCC(=O)N1C. The van der Waals surface area contributed by atoms with E-state index in [1.165, 1.54) is 28.4 Å². The van der Waals surface area contributed by atoms with E-state index in [-0.39, 0.29) is 17.1 Å². The second-order valence-corrected chi connectivity index (χ2v) is 6.90. The van der Waals surface area contributed by atoms with Crippen LogP contribution in [0.3, 0.4) is 0 Å². The predicted molar refractivity (Wildman–Crippen MR) is 83.7 cm³/mol. The van der Waals surface area contributed by atoms with Gasteiger partial charge in [-0.3, -0.25) is 19.4 Å². The van der Waals surface area contributed by atoms with Gasteiger partial charge >= 0.3 is 0 Å². The lowest BCUT2D eigenvalue weighted by atomic mass is 10.3. The van der Waals surface area contributed by atoms with Gasteiger partial charge in [0.2, 0.25) is 11.8 Å². The average molecular weight is 312 g/mol. The number of amidine groups is 2. The molecule has 0 saturated carbocycles. The molecule has 6 nitrogen and oxygen atoms in total. The van der Waals surface area contributed by atoms with Crippen molar-refractivity contribution in [1.82, 2.24) is 9.80 Å². The molecule has 2 rings (SSSR count). The molecule has 2 fully saturated rings. The molecule has 2 aliphatic rings. The number of thioether (sulfide) groups is 2. The molecule has 0 aromatic rings. The maximum atomic E-state index is 12.0. The summed E-state index contributed by atoms with van der Waals surface area (Å²) in [6, 6.07) is 0. The highest BCUT2D eigenvalue weighted by Crippen LogP contribution is 2.28. The summed E-state index contributed by atoms with van der Waals surface area (Å²) >= 11 is 2.72. The van der Waals surface area contributed by atoms with Crippen molar-refractivity contribution >= 4 is 45.7 Å². The Bertz CT molecular complexity index is 530. The Balaban J connectivity index is 2.19.